The first-order chi connectivity index (χ1) is 7.13. The molecule has 1 N–H and O–H groups in total. The largest absolute Gasteiger partial charge is 0.323 e. The lowest BCUT2D eigenvalue weighted by Crippen LogP contribution is -2.15. The van der Waals surface area contributed by atoms with Crippen LogP contribution in [0.3, 0.4) is 0 Å². The number of rotatable bonds is 4. The first-order valence-electron chi connectivity index (χ1n) is 5.02. The van der Waals surface area contributed by atoms with E-state index in [9.17, 15) is 4.79 Å². The van der Waals surface area contributed by atoms with Crippen molar-refractivity contribution in [1.29, 1.82) is 0 Å². The molecule has 0 aliphatic rings. The van der Waals surface area contributed by atoms with Gasteiger partial charge in [-0.25, -0.2) is 0 Å². The highest BCUT2D eigenvalue weighted by Gasteiger charge is 2.09. The first-order valence-corrected chi connectivity index (χ1v) is 5.40. The molecule has 15 heavy (non-hydrogen) atoms. The molecule has 0 aliphatic heterocycles. The van der Waals surface area contributed by atoms with Crippen LogP contribution in [0.2, 0.25) is 5.02 Å². The molecule has 0 fully saturated rings. The molecule has 3 nitrogen and oxygen atoms in total. The Bertz CT molecular complexity index is 341. The van der Waals surface area contributed by atoms with Gasteiger partial charge in [0.15, 0.2) is 0 Å². The second kappa shape index (κ2) is 5.71. The fourth-order valence-corrected chi connectivity index (χ4v) is 1.28. The standard InChI is InChI=1S/C11H15ClN2O/c1-3-8(2)6-11(15)14-10-7-13-5-4-9(10)12/h4-5,7-8H,3,6H2,1-2H3,(H,14,15). The van der Waals surface area contributed by atoms with Crippen molar-refractivity contribution in [2.45, 2.75) is 26.7 Å². The molecular weight excluding hydrogens is 212 g/mol. The van der Waals surface area contributed by atoms with Crippen LogP contribution in [-0.2, 0) is 4.79 Å². The SMILES string of the molecule is CCC(C)CC(=O)Nc1cnccc1Cl. The lowest BCUT2D eigenvalue weighted by atomic mass is 10.1. The number of nitrogens with one attached hydrogen (secondary N) is 1. The molecule has 1 aromatic heterocycles. The van der Waals surface area contributed by atoms with Gasteiger partial charge in [0.1, 0.15) is 0 Å². The lowest BCUT2D eigenvalue weighted by molar-refractivity contribution is -0.117. The third kappa shape index (κ3) is 3.88. The minimum Gasteiger partial charge on any atom is -0.323 e. The minimum absolute atomic E-state index is 0.0146. The van der Waals surface area contributed by atoms with Crippen molar-refractivity contribution in [3.05, 3.63) is 23.5 Å². The summed E-state index contributed by atoms with van der Waals surface area (Å²) in [6.45, 7) is 4.11. The van der Waals surface area contributed by atoms with Gasteiger partial charge in [-0.05, 0) is 12.0 Å². The maximum atomic E-state index is 11.5. The van der Waals surface area contributed by atoms with Crippen LogP contribution in [0.1, 0.15) is 26.7 Å². The van der Waals surface area contributed by atoms with E-state index in [1.54, 1.807) is 18.5 Å². The summed E-state index contributed by atoms with van der Waals surface area (Å²) in [7, 11) is 0. The van der Waals surface area contributed by atoms with E-state index in [1.165, 1.54) is 0 Å². The van der Waals surface area contributed by atoms with E-state index < -0.39 is 0 Å². The Labute approximate surface area is 94.9 Å². The van der Waals surface area contributed by atoms with Crippen LogP contribution in [0.5, 0.6) is 0 Å². The third-order valence-corrected chi connectivity index (χ3v) is 2.60. The lowest BCUT2D eigenvalue weighted by Gasteiger charge is -2.09. The summed E-state index contributed by atoms with van der Waals surface area (Å²) in [4.78, 5) is 15.4. The quantitative estimate of drug-likeness (QED) is 0.857. The van der Waals surface area contributed by atoms with Crippen molar-refractivity contribution in [3.8, 4) is 0 Å². The number of nitrogens with zero attached hydrogens (tertiary/aromatic N) is 1. The zero-order chi connectivity index (χ0) is 11.3. The van der Waals surface area contributed by atoms with Crippen LogP contribution in [0.4, 0.5) is 5.69 Å². The number of hydrogen-bond acceptors (Lipinski definition) is 2. The van der Waals surface area contributed by atoms with Crippen molar-refractivity contribution < 1.29 is 4.79 Å². The van der Waals surface area contributed by atoms with Gasteiger partial charge in [0, 0.05) is 12.6 Å². The Morgan fingerprint density at radius 3 is 3.00 bits per heavy atom. The molecule has 1 unspecified atom stereocenters. The number of aromatic nitrogens is 1. The fraction of sp³-hybridized carbons (Fsp3) is 0.455. The predicted molar refractivity (Wildman–Crippen MR) is 61.9 cm³/mol. The highest BCUT2D eigenvalue weighted by atomic mass is 35.5. The number of amides is 1. The maximum Gasteiger partial charge on any atom is 0.224 e. The molecule has 0 bridgehead atoms. The Kier molecular flexibility index (Phi) is 4.56. The summed E-state index contributed by atoms with van der Waals surface area (Å²) in [6, 6.07) is 1.65. The maximum absolute atomic E-state index is 11.5. The highest BCUT2D eigenvalue weighted by Crippen LogP contribution is 2.19. The van der Waals surface area contributed by atoms with Gasteiger partial charge in [0.25, 0.3) is 0 Å². The molecular formula is C11H15ClN2O. The molecule has 82 valence electrons. The van der Waals surface area contributed by atoms with Crippen molar-refractivity contribution in [3.63, 3.8) is 0 Å². The second-order valence-corrected chi connectivity index (χ2v) is 4.03. The second-order valence-electron chi connectivity index (χ2n) is 3.62. The summed E-state index contributed by atoms with van der Waals surface area (Å²) in [5.41, 5.74) is 0.576. The molecule has 4 heteroatoms. The van der Waals surface area contributed by atoms with Gasteiger partial charge in [0.05, 0.1) is 16.9 Å². The van der Waals surface area contributed by atoms with Gasteiger partial charge in [-0.15, -0.1) is 0 Å². The van der Waals surface area contributed by atoms with E-state index in [2.05, 4.69) is 17.2 Å². The van der Waals surface area contributed by atoms with Gasteiger partial charge in [0.2, 0.25) is 5.91 Å². The molecule has 0 saturated heterocycles. The number of carbonyl (C=O) groups is 1. The van der Waals surface area contributed by atoms with Crippen LogP contribution in [0.25, 0.3) is 0 Å². The van der Waals surface area contributed by atoms with Crippen LogP contribution in [-0.4, -0.2) is 10.9 Å². The van der Waals surface area contributed by atoms with E-state index in [1.807, 2.05) is 6.92 Å². The van der Waals surface area contributed by atoms with E-state index in [0.717, 1.165) is 6.42 Å². The molecule has 1 aromatic rings. The Balaban J connectivity index is 2.55. The van der Waals surface area contributed by atoms with Crippen molar-refractivity contribution in [2.75, 3.05) is 5.32 Å². The molecule has 1 amide bonds. The summed E-state index contributed by atoms with van der Waals surface area (Å²) in [5.74, 6) is 0.375. The van der Waals surface area contributed by atoms with Crippen LogP contribution in [0, 0.1) is 5.92 Å². The van der Waals surface area contributed by atoms with Crippen molar-refractivity contribution >= 4 is 23.2 Å². The Morgan fingerprint density at radius 2 is 2.40 bits per heavy atom. The van der Waals surface area contributed by atoms with E-state index in [0.29, 0.717) is 23.0 Å². The molecule has 1 heterocycles. The smallest absolute Gasteiger partial charge is 0.224 e. The zero-order valence-corrected chi connectivity index (χ0v) is 9.71. The number of hydrogen-bond donors (Lipinski definition) is 1. The summed E-state index contributed by atoms with van der Waals surface area (Å²) >= 11 is 5.88. The van der Waals surface area contributed by atoms with Crippen molar-refractivity contribution in [2.24, 2.45) is 5.92 Å². The molecule has 1 atom stereocenters. The predicted octanol–water partition coefficient (Wildman–Crippen LogP) is 3.11. The molecule has 1 rings (SSSR count). The zero-order valence-electron chi connectivity index (χ0n) is 8.96. The van der Waals surface area contributed by atoms with Crippen LogP contribution < -0.4 is 5.32 Å². The third-order valence-electron chi connectivity index (χ3n) is 2.27. The first kappa shape index (κ1) is 12.0. The summed E-state index contributed by atoms with van der Waals surface area (Å²) < 4.78 is 0. The van der Waals surface area contributed by atoms with Crippen molar-refractivity contribution in [1.82, 2.24) is 4.98 Å². The molecule has 0 radical (unpaired) electrons. The summed E-state index contributed by atoms with van der Waals surface area (Å²) in [5, 5.41) is 3.26. The van der Waals surface area contributed by atoms with Gasteiger partial charge >= 0.3 is 0 Å². The number of anilines is 1. The molecule has 0 aliphatic carbocycles. The van der Waals surface area contributed by atoms with Crippen LogP contribution >= 0.6 is 11.6 Å². The van der Waals surface area contributed by atoms with E-state index >= 15 is 0 Å². The van der Waals surface area contributed by atoms with Gasteiger partial charge in [-0.1, -0.05) is 31.9 Å². The van der Waals surface area contributed by atoms with Gasteiger partial charge in [-0.2, -0.15) is 0 Å². The Hall–Kier alpha value is -1.09. The molecule has 0 spiro atoms. The average molecular weight is 227 g/mol. The van der Waals surface area contributed by atoms with E-state index in [4.69, 9.17) is 11.6 Å². The van der Waals surface area contributed by atoms with Gasteiger partial charge in [-0.3, -0.25) is 9.78 Å². The number of halogens is 1. The van der Waals surface area contributed by atoms with Crippen LogP contribution in [0.15, 0.2) is 18.5 Å². The highest BCUT2D eigenvalue weighted by molar-refractivity contribution is 6.33. The van der Waals surface area contributed by atoms with Gasteiger partial charge < -0.3 is 5.32 Å². The average Bonchev–Trinajstić information content (AvgIpc) is 2.21. The topological polar surface area (TPSA) is 42.0 Å². The monoisotopic (exact) mass is 226 g/mol. The minimum atomic E-state index is -0.0146. The Morgan fingerprint density at radius 1 is 1.67 bits per heavy atom. The normalized spacial score (nSPS) is 12.2. The molecule has 0 saturated carbocycles. The summed E-state index contributed by atoms with van der Waals surface area (Å²) in [6.07, 6.45) is 4.65. The molecule has 0 aromatic carbocycles. The fourth-order valence-electron chi connectivity index (χ4n) is 1.13. The van der Waals surface area contributed by atoms with E-state index in [-0.39, 0.29) is 5.91 Å². The number of pyridine rings is 1. The number of carbonyl (C=O) groups excluding carboxylic acids is 1.